The molecule has 3 nitrogen and oxygen atoms in total. The van der Waals surface area contributed by atoms with Crippen LogP contribution in [-0.2, 0) is 0 Å². The van der Waals surface area contributed by atoms with Crippen molar-refractivity contribution >= 4 is 6.21 Å². The minimum atomic E-state index is 0.381. The summed E-state index contributed by atoms with van der Waals surface area (Å²) in [5, 5.41) is 3.29. The highest BCUT2D eigenvalue weighted by molar-refractivity contribution is 5.72. The highest BCUT2D eigenvalue weighted by Gasteiger charge is 2.00. The van der Waals surface area contributed by atoms with Gasteiger partial charge in [-0.25, -0.2) is 0 Å². The van der Waals surface area contributed by atoms with Crippen molar-refractivity contribution < 1.29 is 0 Å². The van der Waals surface area contributed by atoms with Gasteiger partial charge in [0.15, 0.2) is 0 Å². The van der Waals surface area contributed by atoms with Gasteiger partial charge < -0.3 is 11.1 Å². The van der Waals surface area contributed by atoms with Gasteiger partial charge in [0.25, 0.3) is 0 Å². The average Bonchev–Trinajstić information content (AvgIpc) is 2.10. The van der Waals surface area contributed by atoms with Crippen LogP contribution < -0.4 is 11.1 Å². The number of nitrogens with zero attached hydrogens (tertiary/aromatic N) is 1. The fourth-order valence-electron chi connectivity index (χ4n) is 0.797. The van der Waals surface area contributed by atoms with E-state index < -0.39 is 0 Å². The highest BCUT2D eigenvalue weighted by atomic mass is 14.9. The summed E-state index contributed by atoms with van der Waals surface area (Å²) in [6.07, 6.45) is 3.81. The summed E-state index contributed by atoms with van der Waals surface area (Å²) >= 11 is 0. The van der Waals surface area contributed by atoms with Gasteiger partial charge in [-0.3, -0.25) is 4.99 Å². The Balaban J connectivity index is 3.82. The first-order valence-electron chi connectivity index (χ1n) is 4.24. The number of hydrogen-bond donors (Lipinski definition) is 2. The summed E-state index contributed by atoms with van der Waals surface area (Å²) in [5.41, 5.74) is 6.64. The summed E-state index contributed by atoms with van der Waals surface area (Å²) in [6.45, 7) is 5.73. The monoisotopic (exact) mass is 169 g/mol. The van der Waals surface area contributed by atoms with E-state index >= 15 is 0 Å². The second kappa shape index (κ2) is 7.00. The Morgan fingerprint density at radius 1 is 1.67 bits per heavy atom. The van der Waals surface area contributed by atoms with Gasteiger partial charge in [0, 0.05) is 32.4 Å². The van der Waals surface area contributed by atoms with Crippen LogP contribution in [0.1, 0.15) is 13.8 Å². The fraction of sp³-hybridized carbons (Fsp3) is 0.667. The van der Waals surface area contributed by atoms with E-state index in [1.807, 2.05) is 6.08 Å². The number of hydrogen-bond acceptors (Lipinski definition) is 3. The third kappa shape index (κ3) is 5.04. The number of nitrogens with two attached hydrogens (primary N) is 1. The SMILES string of the molecule is CN=CC=C(C)C(C)NCCN. The van der Waals surface area contributed by atoms with Crippen LogP contribution >= 0.6 is 0 Å². The van der Waals surface area contributed by atoms with Crippen LogP contribution in [0.25, 0.3) is 0 Å². The van der Waals surface area contributed by atoms with E-state index in [2.05, 4.69) is 24.2 Å². The van der Waals surface area contributed by atoms with Crippen molar-refractivity contribution in [1.29, 1.82) is 0 Å². The topological polar surface area (TPSA) is 50.4 Å². The van der Waals surface area contributed by atoms with Gasteiger partial charge in [0.1, 0.15) is 0 Å². The van der Waals surface area contributed by atoms with Crippen LogP contribution in [0.15, 0.2) is 16.6 Å². The van der Waals surface area contributed by atoms with Gasteiger partial charge in [-0.1, -0.05) is 5.57 Å². The van der Waals surface area contributed by atoms with Gasteiger partial charge in [0.05, 0.1) is 0 Å². The van der Waals surface area contributed by atoms with Crippen LogP contribution in [-0.4, -0.2) is 32.4 Å². The van der Waals surface area contributed by atoms with Gasteiger partial charge in [0.2, 0.25) is 0 Å². The van der Waals surface area contributed by atoms with E-state index in [1.165, 1.54) is 5.57 Å². The summed E-state index contributed by atoms with van der Waals surface area (Å²) in [5.74, 6) is 0. The molecule has 1 unspecified atom stereocenters. The zero-order chi connectivity index (χ0) is 9.40. The van der Waals surface area contributed by atoms with E-state index in [1.54, 1.807) is 13.3 Å². The number of nitrogens with one attached hydrogen (secondary N) is 1. The number of aliphatic imine (C=N–C) groups is 1. The Bertz CT molecular complexity index is 161. The Hall–Kier alpha value is -0.670. The predicted octanol–water partition coefficient (Wildman–Crippen LogP) is 0.570. The van der Waals surface area contributed by atoms with Gasteiger partial charge in [-0.05, 0) is 19.9 Å². The summed E-state index contributed by atoms with van der Waals surface area (Å²) in [4.78, 5) is 3.88. The Labute approximate surface area is 74.8 Å². The van der Waals surface area contributed by atoms with Crippen molar-refractivity contribution in [1.82, 2.24) is 5.32 Å². The van der Waals surface area contributed by atoms with Crippen molar-refractivity contribution in [3.8, 4) is 0 Å². The zero-order valence-corrected chi connectivity index (χ0v) is 8.17. The standard InChI is InChI=1S/C9H19N3/c1-8(4-6-11-3)9(2)12-7-5-10/h4,6,9,12H,5,7,10H2,1-3H3. The lowest BCUT2D eigenvalue weighted by Gasteiger charge is -2.12. The van der Waals surface area contributed by atoms with Crippen molar-refractivity contribution in [2.75, 3.05) is 20.1 Å². The normalized spacial score (nSPS) is 15.5. The largest absolute Gasteiger partial charge is 0.329 e. The Morgan fingerprint density at radius 2 is 2.33 bits per heavy atom. The Kier molecular flexibility index (Phi) is 6.61. The van der Waals surface area contributed by atoms with Crippen molar-refractivity contribution in [2.45, 2.75) is 19.9 Å². The molecular weight excluding hydrogens is 150 g/mol. The van der Waals surface area contributed by atoms with Crippen LogP contribution in [0.3, 0.4) is 0 Å². The van der Waals surface area contributed by atoms with Crippen LogP contribution in [0, 0.1) is 0 Å². The maximum Gasteiger partial charge on any atom is 0.0277 e. The summed E-state index contributed by atoms with van der Waals surface area (Å²) in [6, 6.07) is 0.381. The molecule has 3 heteroatoms. The van der Waals surface area contributed by atoms with Gasteiger partial charge in [-0.2, -0.15) is 0 Å². The first-order valence-corrected chi connectivity index (χ1v) is 4.24. The molecule has 0 aliphatic rings. The molecule has 0 fully saturated rings. The van der Waals surface area contributed by atoms with E-state index in [9.17, 15) is 0 Å². The molecule has 0 aromatic carbocycles. The molecule has 1 atom stereocenters. The smallest absolute Gasteiger partial charge is 0.0277 e. The lowest BCUT2D eigenvalue weighted by molar-refractivity contribution is 0.615. The highest BCUT2D eigenvalue weighted by Crippen LogP contribution is 1.97. The third-order valence-corrected chi connectivity index (χ3v) is 1.76. The molecule has 0 radical (unpaired) electrons. The molecule has 0 aromatic heterocycles. The molecule has 0 aliphatic carbocycles. The molecule has 12 heavy (non-hydrogen) atoms. The lowest BCUT2D eigenvalue weighted by atomic mass is 10.1. The molecule has 0 saturated carbocycles. The summed E-state index contributed by atoms with van der Waals surface area (Å²) in [7, 11) is 1.77. The maximum absolute atomic E-state index is 5.37. The van der Waals surface area contributed by atoms with Crippen LogP contribution in [0.4, 0.5) is 0 Å². The summed E-state index contributed by atoms with van der Waals surface area (Å²) < 4.78 is 0. The zero-order valence-electron chi connectivity index (χ0n) is 8.17. The second-order valence-corrected chi connectivity index (χ2v) is 2.78. The maximum atomic E-state index is 5.37. The first-order chi connectivity index (χ1) is 5.72. The fourth-order valence-corrected chi connectivity index (χ4v) is 0.797. The Morgan fingerprint density at radius 3 is 2.83 bits per heavy atom. The van der Waals surface area contributed by atoms with Gasteiger partial charge in [-0.15, -0.1) is 0 Å². The van der Waals surface area contributed by atoms with Crippen molar-refractivity contribution in [3.63, 3.8) is 0 Å². The minimum absolute atomic E-state index is 0.381. The quantitative estimate of drug-likeness (QED) is 0.591. The van der Waals surface area contributed by atoms with Crippen molar-refractivity contribution in [3.05, 3.63) is 11.6 Å². The van der Waals surface area contributed by atoms with Crippen molar-refractivity contribution in [2.24, 2.45) is 10.7 Å². The average molecular weight is 169 g/mol. The minimum Gasteiger partial charge on any atom is -0.329 e. The number of rotatable bonds is 5. The molecule has 0 rings (SSSR count). The van der Waals surface area contributed by atoms with E-state index in [0.29, 0.717) is 12.6 Å². The second-order valence-electron chi connectivity index (χ2n) is 2.78. The van der Waals surface area contributed by atoms with Gasteiger partial charge >= 0.3 is 0 Å². The van der Waals surface area contributed by atoms with Crippen LogP contribution in [0.5, 0.6) is 0 Å². The molecule has 70 valence electrons. The molecular formula is C9H19N3. The molecule has 0 spiro atoms. The predicted molar refractivity (Wildman–Crippen MR) is 54.7 cm³/mol. The number of allylic oxidation sites excluding steroid dienone is 1. The molecule has 0 aliphatic heterocycles. The third-order valence-electron chi connectivity index (χ3n) is 1.76. The molecule has 0 amide bonds. The van der Waals surface area contributed by atoms with E-state index in [0.717, 1.165) is 6.54 Å². The van der Waals surface area contributed by atoms with E-state index in [4.69, 9.17) is 5.73 Å². The van der Waals surface area contributed by atoms with Crippen LogP contribution in [0.2, 0.25) is 0 Å². The lowest BCUT2D eigenvalue weighted by Crippen LogP contribution is -2.31. The molecule has 0 aromatic rings. The molecule has 3 N–H and O–H groups in total. The molecule has 0 heterocycles. The molecule has 0 bridgehead atoms. The van der Waals surface area contributed by atoms with E-state index in [-0.39, 0.29) is 0 Å². The molecule has 0 saturated heterocycles. The first kappa shape index (κ1) is 11.3.